The molecular weight excluding hydrogens is 526 g/mol. The number of carbonyl (C=O) groups is 3. The molecule has 2 aliphatic rings. The molecule has 2 aliphatic heterocycles. The fourth-order valence-electron chi connectivity index (χ4n) is 4.87. The monoisotopic (exact) mass is 547 g/mol. The van der Waals surface area contributed by atoms with Crippen LogP contribution in [0.4, 0.5) is 11.4 Å². The summed E-state index contributed by atoms with van der Waals surface area (Å²) >= 11 is 2.10. The molecule has 1 fully saturated rings. The van der Waals surface area contributed by atoms with Crippen LogP contribution in [0.1, 0.15) is 22.1 Å². The molecule has 11 heteroatoms. The van der Waals surface area contributed by atoms with Crippen LogP contribution in [-0.2, 0) is 20.9 Å². The molecule has 9 nitrogen and oxygen atoms in total. The lowest BCUT2D eigenvalue weighted by Gasteiger charge is -2.29. The van der Waals surface area contributed by atoms with Gasteiger partial charge in [-0.05, 0) is 55.5 Å². The van der Waals surface area contributed by atoms with Crippen molar-refractivity contribution in [2.75, 3.05) is 10.2 Å². The predicted molar refractivity (Wildman–Crippen MR) is 143 cm³/mol. The first-order valence-corrected chi connectivity index (χ1v) is 13.5. The average molecular weight is 548 g/mol. The summed E-state index contributed by atoms with van der Waals surface area (Å²) in [6.45, 7) is 1.65. The number of nitrogens with one attached hydrogen (secondary N) is 1. The van der Waals surface area contributed by atoms with Gasteiger partial charge in [-0.15, -0.1) is 0 Å². The Morgan fingerprint density at radius 3 is 2.45 bits per heavy atom. The fraction of sp³-hybridized carbons (Fsp3) is 0.185. The maximum absolute atomic E-state index is 13.7. The topological polar surface area (TPSA) is 122 Å². The number of benzene rings is 2. The van der Waals surface area contributed by atoms with Crippen molar-refractivity contribution >= 4 is 52.2 Å². The molecule has 3 unspecified atom stereocenters. The molecule has 2 N–H and O–H groups in total. The summed E-state index contributed by atoms with van der Waals surface area (Å²) < 4.78 is 7.05. The fourth-order valence-corrected chi connectivity index (χ4v) is 7.62. The summed E-state index contributed by atoms with van der Waals surface area (Å²) in [5, 5.41) is 11.9. The van der Waals surface area contributed by atoms with Gasteiger partial charge in [0.2, 0.25) is 17.7 Å². The van der Waals surface area contributed by atoms with E-state index in [2.05, 4.69) is 5.32 Å². The number of fused-ring (bicyclic) bond motifs is 2. The van der Waals surface area contributed by atoms with Gasteiger partial charge in [0, 0.05) is 5.69 Å². The molecule has 4 aromatic rings. The Morgan fingerprint density at radius 1 is 1.03 bits per heavy atom. The van der Waals surface area contributed by atoms with Gasteiger partial charge in [-0.25, -0.2) is 4.90 Å². The smallest absolute Gasteiger partial charge is 0.308 e. The van der Waals surface area contributed by atoms with Crippen molar-refractivity contribution in [1.29, 1.82) is 0 Å². The van der Waals surface area contributed by atoms with Crippen LogP contribution in [-0.4, -0.2) is 32.6 Å². The third kappa shape index (κ3) is 4.04. The van der Waals surface area contributed by atoms with Gasteiger partial charge in [-0.3, -0.25) is 23.7 Å². The molecule has 3 amide bonds. The van der Waals surface area contributed by atoms with Crippen molar-refractivity contribution in [3.8, 4) is 5.75 Å². The number of amides is 3. The first-order chi connectivity index (χ1) is 18.3. The molecule has 38 heavy (non-hydrogen) atoms. The highest BCUT2D eigenvalue weighted by atomic mass is 32.2. The lowest BCUT2D eigenvalue weighted by Crippen LogP contribution is -2.32. The highest BCUT2D eigenvalue weighted by molar-refractivity contribution is 8.00. The largest absolute Gasteiger partial charge is 0.508 e. The predicted octanol–water partition coefficient (Wildman–Crippen LogP) is 3.95. The van der Waals surface area contributed by atoms with E-state index in [0.29, 0.717) is 27.0 Å². The molecule has 192 valence electrons. The van der Waals surface area contributed by atoms with Crippen LogP contribution in [0.2, 0.25) is 0 Å². The molecule has 0 radical (unpaired) electrons. The Balaban J connectivity index is 1.38. The summed E-state index contributed by atoms with van der Waals surface area (Å²) in [5.74, 6) is -2.00. The van der Waals surface area contributed by atoms with Gasteiger partial charge in [0.25, 0.3) is 0 Å². The zero-order valence-corrected chi connectivity index (χ0v) is 21.6. The number of phenolic OH excluding ortho intramolecular Hbond substituents is 1. The Morgan fingerprint density at radius 2 is 1.76 bits per heavy atom. The van der Waals surface area contributed by atoms with Crippen molar-refractivity contribution in [1.82, 2.24) is 4.57 Å². The molecule has 0 aliphatic carbocycles. The second-order valence-electron chi connectivity index (χ2n) is 9.12. The van der Waals surface area contributed by atoms with Crippen molar-refractivity contribution in [2.45, 2.75) is 29.7 Å². The van der Waals surface area contributed by atoms with Gasteiger partial charge in [-0.1, -0.05) is 40.8 Å². The number of furan rings is 1. The number of hydrogen-bond acceptors (Lipinski definition) is 8. The van der Waals surface area contributed by atoms with Gasteiger partial charge in [0.1, 0.15) is 23.3 Å². The number of aryl methyl sites for hydroxylation is 1. The van der Waals surface area contributed by atoms with Crippen LogP contribution in [0.5, 0.6) is 5.75 Å². The van der Waals surface area contributed by atoms with Crippen LogP contribution in [0.3, 0.4) is 0 Å². The second kappa shape index (κ2) is 9.34. The molecule has 2 aromatic carbocycles. The van der Waals surface area contributed by atoms with Gasteiger partial charge >= 0.3 is 4.87 Å². The lowest BCUT2D eigenvalue weighted by molar-refractivity contribution is -0.122. The molecule has 0 bridgehead atoms. The average Bonchev–Trinajstić information content (AvgIpc) is 3.59. The Labute approximate surface area is 224 Å². The van der Waals surface area contributed by atoms with Crippen LogP contribution < -0.4 is 15.1 Å². The van der Waals surface area contributed by atoms with Crippen molar-refractivity contribution in [2.24, 2.45) is 5.92 Å². The first kappa shape index (κ1) is 24.3. The maximum atomic E-state index is 13.7. The van der Waals surface area contributed by atoms with E-state index in [1.807, 2.05) is 19.1 Å². The molecule has 6 rings (SSSR count). The Bertz CT molecular complexity index is 1610. The Hall–Kier alpha value is -4.09. The zero-order valence-electron chi connectivity index (χ0n) is 20.0. The van der Waals surface area contributed by atoms with E-state index in [1.165, 1.54) is 27.9 Å². The number of thiazole rings is 1. The van der Waals surface area contributed by atoms with Crippen LogP contribution in [0.25, 0.3) is 0 Å². The summed E-state index contributed by atoms with van der Waals surface area (Å²) in [7, 11) is 0. The standard InChI is InChI=1S/C27H21N3O6S2/c1-14-4-8-16(9-5-14)30-24(33)21-20(18-3-2-12-36-18)23-26(37-22(21)25(30)34)29(27(35)38-23)13-19(32)28-15-6-10-17(31)11-7-15/h2-12,20-22,31H,13H2,1H3,(H,28,32). The minimum atomic E-state index is -0.785. The van der Waals surface area contributed by atoms with E-state index in [9.17, 15) is 24.3 Å². The van der Waals surface area contributed by atoms with E-state index in [1.54, 1.807) is 36.4 Å². The Kier molecular flexibility index (Phi) is 5.96. The molecular formula is C27H21N3O6S2. The number of aromatic hydroxyl groups is 1. The number of rotatable bonds is 5. The summed E-state index contributed by atoms with van der Waals surface area (Å²) in [4.78, 5) is 54.8. The number of carbonyl (C=O) groups excluding carboxylic acids is 3. The zero-order chi connectivity index (χ0) is 26.6. The number of anilines is 2. The number of nitrogens with zero attached hydrogens (tertiary/aromatic N) is 2. The number of hydrogen-bond donors (Lipinski definition) is 2. The lowest BCUT2D eigenvalue weighted by atomic mass is 9.87. The van der Waals surface area contributed by atoms with Crippen molar-refractivity contribution in [3.63, 3.8) is 0 Å². The van der Waals surface area contributed by atoms with E-state index < -0.39 is 23.0 Å². The molecule has 1 saturated heterocycles. The van der Waals surface area contributed by atoms with Gasteiger partial charge in [0.05, 0.1) is 33.7 Å². The normalized spacial score (nSPS) is 20.3. The van der Waals surface area contributed by atoms with Crippen molar-refractivity contribution in [3.05, 3.63) is 92.8 Å². The van der Waals surface area contributed by atoms with E-state index in [0.717, 1.165) is 28.7 Å². The van der Waals surface area contributed by atoms with E-state index >= 15 is 0 Å². The van der Waals surface area contributed by atoms with Crippen LogP contribution in [0, 0.1) is 12.8 Å². The minimum Gasteiger partial charge on any atom is -0.508 e. The van der Waals surface area contributed by atoms with Gasteiger partial charge in [0.15, 0.2) is 0 Å². The third-order valence-corrected chi connectivity index (χ3v) is 9.25. The SMILES string of the molecule is Cc1ccc(N2C(=O)C3Sc4c(sc(=O)n4CC(=O)Nc4ccc(O)cc4)C(c4ccco4)C3C2=O)cc1. The number of aromatic nitrogens is 1. The molecule has 0 spiro atoms. The maximum Gasteiger partial charge on any atom is 0.308 e. The number of phenols is 1. The highest BCUT2D eigenvalue weighted by Crippen LogP contribution is 2.53. The molecule has 0 saturated carbocycles. The van der Waals surface area contributed by atoms with Gasteiger partial charge < -0.3 is 14.8 Å². The molecule has 4 heterocycles. The third-order valence-electron chi connectivity index (χ3n) is 6.64. The highest BCUT2D eigenvalue weighted by Gasteiger charge is 2.57. The molecule has 3 atom stereocenters. The quantitative estimate of drug-likeness (QED) is 0.287. The van der Waals surface area contributed by atoms with Crippen LogP contribution >= 0.6 is 23.1 Å². The summed E-state index contributed by atoms with van der Waals surface area (Å²) in [5.41, 5.74) is 1.97. The summed E-state index contributed by atoms with van der Waals surface area (Å²) in [6.07, 6.45) is 1.50. The first-order valence-electron chi connectivity index (χ1n) is 11.8. The van der Waals surface area contributed by atoms with Crippen LogP contribution in [0.15, 0.2) is 81.2 Å². The van der Waals surface area contributed by atoms with E-state index in [-0.39, 0.29) is 29.0 Å². The van der Waals surface area contributed by atoms with Crippen molar-refractivity contribution < 1.29 is 23.9 Å². The second-order valence-corrected chi connectivity index (χ2v) is 11.2. The summed E-state index contributed by atoms with van der Waals surface area (Å²) in [6, 6.07) is 16.6. The minimum absolute atomic E-state index is 0.0662. The number of thioether (sulfide) groups is 1. The molecule has 2 aromatic heterocycles. The van der Waals surface area contributed by atoms with E-state index in [4.69, 9.17) is 4.42 Å². The van der Waals surface area contributed by atoms with Gasteiger partial charge in [-0.2, -0.15) is 0 Å². The number of imide groups is 1.